The SMILES string of the molecule is CCCCCc1cccc(OC(=O)OC(CCCCC)c2ccccc2)c1CCCCC. The van der Waals surface area contributed by atoms with Crippen LogP contribution in [0.2, 0.25) is 0 Å². The van der Waals surface area contributed by atoms with Gasteiger partial charge in [0, 0.05) is 0 Å². The van der Waals surface area contributed by atoms with Gasteiger partial charge in [0.2, 0.25) is 0 Å². The molecule has 0 heterocycles. The van der Waals surface area contributed by atoms with Gasteiger partial charge in [0.05, 0.1) is 0 Å². The van der Waals surface area contributed by atoms with Gasteiger partial charge in [-0.3, -0.25) is 0 Å². The second kappa shape index (κ2) is 15.5. The van der Waals surface area contributed by atoms with Crippen molar-refractivity contribution in [3.8, 4) is 5.75 Å². The quantitative estimate of drug-likeness (QED) is 0.158. The highest BCUT2D eigenvalue weighted by Crippen LogP contribution is 2.29. The summed E-state index contributed by atoms with van der Waals surface area (Å²) < 4.78 is 11.7. The Morgan fingerprint density at radius 3 is 2.09 bits per heavy atom. The summed E-state index contributed by atoms with van der Waals surface area (Å²) in [5.74, 6) is 0.667. The van der Waals surface area contributed by atoms with Crippen LogP contribution in [0.1, 0.15) is 108 Å². The van der Waals surface area contributed by atoms with Crippen molar-refractivity contribution < 1.29 is 14.3 Å². The number of benzene rings is 2. The summed E-state index contributed by atoms with van der Waals surface area (Å²) in [4.78, 5) is 12.8. The summed E-state index contributed by atoms with van der Waals surface area (Å²) >= 11 is 0. The third kappa shape index (κ3) is 9.06. The maximum absolute atomic E-state index is 12.8. The number of hydrogen-bond acceptors (Lipinski definition) is 3. The molecule has 0 aromatic heterocycles. The van der Waals surface area contributed by atoms with Crippen LogP contribution < -0.4 is 4.74 Å². The van der Waals surface area contributed by atoms with Gasteiger partial charge in [-0.25, -0.2) is 4.79 Å². The van der Waals surface area contributed by atoms with Gasteiger partial charge in [-0.05, 0) is 61.3 Å². The first kappa shape index (κ1) is 26.0. The molecule has 2 aromatic rings. The summed E-state index contributed by atoms with van der Waals surface area (Å²) in [7, 11) is 0. The Morgan fingerprint density at radius 2 is 1.41 bits per heavy atom. The highest BCUT2D eigenvalue weighted by atomic mass is 16.7. The first-order valence-corrected chi connectivity index (χ1v) is 12.7. The average Bonchev–Trinajstić information content (AvgIpc) is 2.81. The van der Waals surface area contributed by atoms with E-state index < -0.39 is 6.16 Å². The number of carbonyl (C=O) groups is 1. The molecule has 0 aliphatic rings. The Bertz CT molecular complexity index is 769. The highest BCUT2D eigenvalue weighted by molar-refractivity contribution is 5.65. The largest absolute Gasteiger partial charge is 0.514 e. The number of hydrogen-bond donors (Lipinski definition) is 0. The molecule has 3 heteroatoms. The predicted molar refractivity (Wildman–Crippen MR) is 133 cm³/mol. The lowest BCUT2D eigenvalue weighted by atomic mass is 9.96. The van der Waals surface area contributed by atoms with Crippen LogP contribution in [0.3, 0.4) is 0 Å². The van der Waals surface area contributed by atoms with Crippen molar-refractivity contribution in [2.24, 2.45) is 0 Å². The summed E-state index contributed by atoms with van der Waals surface area (Å²) in [5.41, 5.74) is 3.51. The lowest BCUT2D eigenvalue weighted by Gasteiger charge is -2.19. The monoisotopic (exact) mass is 438 g/mol. The maximum Gasteiger partial charge on any atom is 0.514 e. The molecule has 32 heavy (non-hydrogen) atoms. The first-order valence-electron chi connectivity index (χ1n) is 12.7. The molecule has 0 fully saturated rings. The minimum Gasteiger partial charge on any atom is -0.426 e. The third-order valence-electron chi connectivity index (χ3n) is 5.98. The molecule has 0 saturated carbocycles. The zero-order valence-corrected chi connectivity index (χ0v) is 20.4. The predicted octanol–water partition coefficient (Wildman–Crippen LogP) is 8.99. The average molecular weight is 439 g/mol. The third-order valence-corrected chi connectivity index (χ3v) is 5.98. The molecule has 0 N–H and O–H groups in total. The van der Waals surface area contributed by atoms with E-state index in [2.05, 4.69) is 26.8 Å². The minimum absolute atomic E-state index is 0.272. The second-order valence-corrected chi connectivity index (χ2v) is 8.67. The van der Waals surface area contributed by atoms with E-state index in [1.54, 1.807) is 0 Å². The molecular weight excluding hydrogens is 396 g/mol. The van der Waals surface area contributed by atoms with Crippen molar-refractivity contribution in [3.63, 3.8) is 0 Å². The summed E-state index contributed by atoms with van der Waals surface area (Å²) in [6, 6.07) is 16.1. The molecule has 0 saturated heterocycles. The van der Waals surface area contributed by atoms with Gasteiger partial charge < -0.3 is 9.47 Å². The van der Waals surface area contributed by atoms with Crippen LogP contribution in [0, 0.1) is 0 Å². The molecule has 0 bridgehead atoms. The van der Waals surface area contributed by atoms with Crippen LogP contribution in [0.15, 0.2) is 48.5 Å². The van der Waals surface area contributed by atoms with E-state index in [0.717, 1.165) is 50.5 Å². The highest BCUT2D eigenvalue weighted by Gasteiger charge is 2.20. The lowest BCUT2D eigenvalue weighted by Crippen LogP contribution is -2.16. The molecule has 176 valence electrons. The van der Waals surface area contributed by atoms with Crippen LogP contribution in [0.25, 0.3) is 0 Å². The number of aryl methyl sites for hydroxylation is 1. The summed E-state index contributed by atoms with van der Waals surface area (Å²) in [5, 5.41) is 0. The van der Waals surface area contributed by atoms with Crippen molar-refractivity contribution in [1.29, 1.82) is 0 Å². The second-order valence-electron chi connectivity index (χ2n) is 8.67. The number of ether oxygens (including phenoxy) is 2. The van der Waals surface area contributed by atoms with Gasteiger partial charge in [0.15, 0.2) is 0 Å². The van der Waals surface area contributed by atoms with Crippen LogP contribution >= 0.6 is 0 Å². The lowest BCUT2D eigenvalue weighted by molar-refractivity contribution is 0.0526. The van der Waals surface area contributed by atoms with E-state index in [-0.39, 0.29) is 6.10 Å². The zero-order valence-electron chi connectivity index (χ0n) is 20.4. The fourth-order valence-corrected chi connectivity index (χ4v) is 4.11. The number of unbranched alkanes of at least 4 members (excludes halogenated alkanes) is 6. The molecule has 0 radical (unpaired) electrons. The molecule has 1 unspecified atom stereocenters. The van der Waals surface area contributed by atoms with E-state index in [9.17, 15) is 4.79 Å². The van der Waals surface area contributed by atoms with Crippen LogP contribution in [0.5, 0.6) is 5.75 Å². The fraction of sp³-hybridized carbons (Fsp3) is 0.552. The van der Waals surface area contributed by atoms with Gasteiger partial charge in [0.25, 0.3) is 0 Å². The van der Waals surface area contributed by atoms with Crippen molar-refractivity contribution in [2.75, 3.05) is 0 Å². The Morgan fingerprint density at radius 1 is 0.750 bits per heavy atom. The Balaban J connectivity index is 2.13. The van der Waals surface area contributed by atoms with E-state index >= 15 is 0 Å². The van der Waals surface area contributed by atoms with Crippen molar-refractivity contribution in [2.45, 2.75) is 104 Å². The van der Waals surface area contributed by atoms with Gasteiger partial charge in [0.1, 0.15) is 11.9 Å². The van der Waals surface area contributed by atoms with E-state index in [1.165, 1.54) is 43.2 Å². The molecule has 0 spiro atoms. The normalized spacial score (nSPS) is 11.8. The Kier molecular flexibility index (Phi) is 12.6. The Labute approximate surface area is 195 Å². The summed E-state index contributed by atoms with van der Waals surface area (Å²) in [6.07, 6.45) is 12.3. The van der Waals surface area contributed by atoms with Crippen LogP contribution in [0.4, 0.5) is 4.79 Å². The topological polar surface area (TPSA) is 35.5 Å². The molecular formula is C29H42O3. The maximum atomic E-state index is 12.8. The van der Waals surface area contributed by atoms with Gasteiger partial charge in [-0.2, -0.15) is 0 Å². The van der Waals surface area contributed by atoms with Crippen LogP contribution in [-0.4, -0.2) is 6.16 Å². The standard InChI is InChI=1S/C29H42O3/c1-4-7-11-17-24-20-16-23-28(26(24)21-12-8-5-2)32-29(30)31-27(22-13-9-6-3)25-18-14-10-15-19-25/h10,14-16,18-20,23,27H,4-9,11-13,17,21-22H2,1-3H3. The van der Waals surface area contributed by atoms with Crippen molar-refractivity contribution in [3.05, 3.63) is 65.2 Å². The van der Waals surface area contributed by atoms with Crippen molar-refractivity contribution in [1.82, 2.24) is 0 Å². The molecule has 2 rings (SSSR count). The van der Waals surface area contributed by atoms with Gasteiger partial charge in [-0.15, -0.1) is 0 Å². The van der Waals surface area contributed by atoms with Gasteiger partial charge >= 0.3 is 6.16 Å². The smallest absolute Gasteiger partial charge is 0.426 e. The molecule has 1 atom stereocenters. The molecule has 0 amide bonds. The molecule has 0 aliphatic heterocycles. The first-order chi connectivity index (χ1) is 15.7. The zero-order chi connectivity index (χ0) is 23.0. The fourth-order valence-electron chi connectivity index (χ4n) is 4.11. The number of rotatable bonds is 15. The molecule has 0 aliphatic carbocycles. The van der Waals surface area contributed by atoms with Crippen molar-refractivity contribution >= 4 is 6.16 Å². The minimum atomic E-state index is -0.599. The van der Waals surface area contributed by atoms with E-state index in [1.807, 2.05) is 42.5 Å². The Hall–Kier alpha value is -2.29. The summed E-state index contributed by atoms with van der Waals surface area (Å²) in [6.45, 7) is 6.62. The molecule has 2 aromatic carbocycles. The van der Waals surface area contributed by atoms with E-state index in [0.29, 0.717) is 5.75 Å². The number of carbonyl (C=O) groups excluding carboxylic acids is 1. The van der Waals surface area contributed by atoms with Crippen LogP contribution in [-0.2, 0) is 17.6 Å². The molecule has 3 nitrogen and oxygen atoms in total. The van der Waals surface area contributed by atoms with E-state index in [4.69, 9.17) is 9.47 Å². The van der Waals surface area contributed by atoms with Gasteiger partial charge in [-0.1, -0.05) is 102 Å².